The lowest BCUT2D eigenvalue weighted by atomic mass is 10.0. The fraction of sp³-hybridized carbons (Fsp3) is 0.921. The molecule has 244 valence electrons. The van der Waals surface area contributed by atoms with Crippen molar-refractivity contribution in [2.75, 3.05) is 13.1 Å². The normalized spacial score (nSPS) is 12.0. The summed E-state index contributed by atoms with van der Waals surface area (Å²) in [6.45, 7) is 9.45. The number of allylic oxidation sites excluding steroid dienone is 2. The molecule has 0 heterocycles. The van der Waals surface area contributed by atoms with Gasteiger partial charge in [-0.05, 0) is 52.4 Å². The van der Waals surface area contributed by atoms with Crippen molar-refractivity contribution in [3.05, 3.63) is 12.2 Å². The van der Waals surface area contributed by atoms with Crippen LogP contribution in [0.1, 0.15) is 207 Å². The number of amides is 1. The quantitative estimate of drug-likeness (QED) is 0.0638. The third kappa shape index (κ3) is 31.9. The molecule has 0 aliphatic heterocycles. The van der Waals surface area contributed by atoms with Gasteiger partial charge in [0.05, 0.1) is 5.60 Å². The fourth-order valence-corrected chi connectivity index (χ4v) is 5.76. The van der Waals surface area contributed by atoms with Crippen molar-refractivity contribution in [1.29, 1.82) is 0 Å². The molecule has 0 spiro atoms. The van der Waals surface area contributed by atoms with Crippen molar-refractivity contribution in [1.82, 2.24) is 4.90 Å². The molecule has 0 aromatic carbocycles. The maximum Gasteiger partial charge on any atom is 0.222 e. The minimum atomic E-state index is -0.825. The molecule has 0 saturated carbocycles. The number of aliphatic hydroxyl groups is 1. The van der Waals surface area contributed by atoms with E-state index in [1.807, 2.05) is 18.7 Å². The van der Waals surface area contributed by atoms with Crippen LogP contribution in [-0.4, -0.2) is 34.6 Å². The van der Waals surface area contributed by atoms with Crippen LogP contribution in [0.3, 0.4) is 0 Å². The second-order valence-corrected chi connectivity index (χ2v) is 13.6. The first-order valence-electron chi connectivity index (χ1n) is 18.6. The van der Waals surface area contributed by atoms with Gasteiger partial charge in [0, 0.05) is 19.5 Å². The third-order valence-corrected chi connectivity index (χ3v) is 8.36. The lowest BCUT2D eigenvalue weighted by Gasteiger charge is -2.29. The van der Waals surface area contributed by atoms with Crippen LogP contribution in [0.25, 0.3) is 0 Å². The lowest BCUT2D eigenvalue weighted by molar-refractivity contribution is -0.134. The molecule has 0 bridgehead atoms. The summed E-state index contributed by atoms with van der Waals surface area (Å²) >= 11 is 0. The van der Waals surface area contributed by atoms with Gasteiger partial charge in [0.1, 0.15) is 0 Å². The molecule has 3 nitrogen and oxygen atoms in total. The molecule has 0 fully saturated rings. The molecule has 0 radical (unpaired) electrons. The Balaban J connectivity index is 3.79. The number of carbonyl (C=O) groups is 1. The summed E-state index contributed by atoms with van der Waals surface area (Å²) in [5.41, 5.74) is -0.825. The zero-order valence-electron chi connectivity index (χ0n) is 28.7. The van der Waals surface area contributed by atoms with E-state index in [0.717, 1.165) is 25.8 Å². The van der Waals surface area contributed by atoms with Crippen LogP contribution in [0.5, 0.6) is 0 Å². The van der Waals surface area contributed by atoms with Crippen LogP contribution in [0, 0.1) is 0 Å². The van der Waals surface area contributed by atoms with Gasteiger partial charge in [0.25, 0.3) is 0 Å². The average molecular weight is 578 g/mol. The van der Waals surface area contributed by atoms with Gasteiger partial charge in [-0.3, -0.25) is 4.79 Å². The summed E-state index contributed by atoms with van der Waals surface area (Å²) < 4.78 is 0. The summed E-state index contributed by atoms with van der Waals surface area (Å²) in [5.74, 6) is 0.239. The first-order chi connectivity index (χ1) is 19.9. The number of carbonyl (C=O) groups excluding carboxylic acids is 1. The van der Waals surface area contributed by atoms with Gasteiger partial charge in [-0.25, -0.2) is 0 Å². The molecule has 3 heteroatoms. The Morgan fingerprint density at radius 3 is 1.27 bits per heavy atom. The predicted molar refractivity (Wildman–Crippen MR) is 183 cm³/mol. The SMILES string of the molecule is CCCCCCCC/C=C\CCCCCCCCN(CC(C)(C)O)C(=O)CCCCCCCCCCCCCCC. The highest BCUT2D eigenvalue weighted by Gasteiger charge is 2.21. The summed E-state index contributed by atoms with van der Waals surface area (Å²) in [5, 5.41) is 10.4. The molecule has 0 aliphatic rings. The Bertz CT molecular complexity index is 565. The van der Waals surface area contributed by atoms with Crippen LogP contribution < -0.4 is 0 Å². The number of nitrogens with zero attached hydrogens (tertiary/aromatic N) is 1. The highest BCUT2D eigenvalue weighted by atomic mass is 16.3. The topological polar surface area (TPSA) is 40.5 Å². The van der Waals surface area contributed by atoms with Crippen molar-refractivity contribution in [3.8, 4) is 0 Å². The molecule has 0 unspecified atom stereocenters. The second-order valence-electron chi connectivity index (χ2n) is 13.6. The maximum atomic E-state index is 12.9. The smallest absolute Gasteiger partial charge is 0.222 e. The van der Waals surface area contributed by atoms with E-state index in [9.17, 15) is 9.90 Å². The fourth-order valence-electron chi connectivity index (χ4n) is 5.76. The Morgan fingerprint density at radius 1 is 0.537 bits per heavy atom. The van der Waals surface area contributed by atoms with Crippen LogP contribution in [0.2, 0.25) is 0 Å². The van der Waals surface area contributed by atoms with E-state index in [0.29, 0.717) is 13.0 Å². The lowest BCUT2D eigenvalue weighted by Crippen LogP contribution is -2.42. The molecule has 0 saturated heterocycles. The Labute approximate surface area is 258 Å². The van der Waals surface area contributed by atoms with Gasteiger partial charge >= 0.3 is 0 Å². The van der Waals surface area contributed by atoms with Gasteiger partial charge in [0.2, 0.25) is 5.91 Å². The Hall–Kier alpha value is -0.830. The first-order valence-corrected chi connectivity index (χ1v) is 18.6. The summed E-state index contributed by atoms with van der Waals surface area (Å²) in [4.78, 5) is 14.9. The van der Waals surface area contributed by atoms with E-state index in [1.165, 1.54) is 154 Å². The molecule has 1 N–H and O–H groups in total. The van der Waals surface area contributed by atoms with Gasteiger partial charge in [-0.1, -0.05) is 161 Å². The van der Waals surface area contributed by atoms with Crippen LogP contribution >= 0.6 is 0 Å². The monoisotopic (exact) mass is 578 g/mol. The van der Waals surface area contributed by atoms with E-state index in [-0.39, 0.29) is 5.91 Å². The molecule has 0 aromatic rings. The van der Waals surface area contributed by atoms with Crippen LogP contribution in [0.15, 0.2) is 12.2 Å². The molecule has 0 atom stereocenters. The van der Waals surface area contributed by atoms with E-state index in [1.54, 1.807) is 0 Å². The standard InChI is InChI=1S/C38H75NO2/c1-5-7-9-11-13-15-17-19-20-21-23-25-27-29-31-33-35-39(36-38(3,4)41)37(40)34-32-30-28-26-24-22-18-16-14-12-10-8-6-2/h19-20,41H,5-18,21-36H2,1-4H3/b20-19-. The van der Waals surface area contributed by atoms with Crippen molar-refractivity contribution in [2.45, 2.75) is 213 Å². The maximum absolute atomic E-state index is 12.9. The number of rotatable bonds is 32. The van der Waals surface area contributed by atoms with Crippen LogP contribution in [0.4, 0.5) is 0 Å². The minimum absolute atomic E-state index is 0.239. The van der Waals surface area contributed by atoms with Gasteiger partial charge in [0.15, 0.2) is 0 Å². The zero-order valence-corrected chi connectivity index (χ0v) is 28.7. The third-order valence-electron chi connectivity index (χ3n) is 8.36. The average Bonchev–Trinajstić information content (AvgIpc) is 2.93. The predicted octanol–water partition coefficient (Wildman–Crippen LogP) is 12.1. The highest BCUT2D eigenvalue weighted by Crippen LogP contribution is 2.16. The molecular weight excluding hydrogens is 502 g/mol. The van der Waals surface area contributed by atoms with Gasteiger partial charge in [-0.2, -0.15) is 0 Å². The first kappa shape index (κ1) is 40.2. The molecule has 0 aliphatic carbocycles. The van der Waals surface area contributed by atoms with Crippen molar-refractivity contribution < 1.29 is 9.90 Å². The largest absolute Gasteiger partial charge is 0.389 e. The number of hydrogen-bond acceptors (Lipinski definition) is 2. The zero-order chi connectivity index (χ0) is 30.3. The van der Waals surface area contributed by atoms with Crippen molar-refractivity contribution in [3.63, 3.8) is 0 Å². The molecule has 0 rings (SSSR count). The summed E-state index contributed by atoms with van der Waals surface area (Å²) in [6, 6.07) is 0. The van der Waals surface area contributed by atoms with E-state index >= 15 is 0 Å². The van der Waals surface area contributed by atoms with E-state index in [2.05, 4.69) is 26.0 Å². The second kappa shape index (κ2) is 30.6. The molecule has 41 heavy (non-hydrogen) atoms. The van der Waals surface area contributed by atoms with Crippen LogP contribution in [-0.2, 0) is 4.79 Å². The molecular formula is C38H75NO2. The molecule has 1 amide bonds. The van der Waals surface area contributed by atoms with E-state index < -0.39 is 5.60 Å². The number of unbranched alkanes of at least 4 members (excludes halogenated alkanes) is 24. The Morgan fingerprint density at radius 2 is 0.878 bits per heavy atom. The highest BCUT2D eigenvalue weighted by molar-refractivity contribution is 5.76. The van der Waals surface area contributed by atoms with Gasteiger partial charge < -0.3 is 10.0 Å². The van der Waals surface area contributed by atoms with E-state index in [4.69, 9.17) is 0 Å². The van der Waals surface area contributed by atoms with Gasteiger partial charge in [-0.15, -0.1) is 0 Å². The summed E-state index contributed by atoms with van der Waals surface area (Å²) in [6.07, 6.45) is 40.8. The Kier molecular flexibility index (Phi) is 30.0. The minimum Gasteiger partial charge on any atom is -0.389 e. The summed E-state index contributed by atoms with van der Waals surface area (Å²) in [7, 11) is 0. The van der Waals surface area contributed by atoms with Crippen molar-refractivity contribution in [2.24, 2.45) is 0 Å². The van der Waals surface area contributed by atoms with Crippen molar-refractivity contribution >= 4 is 5.91 Å². The molecule has 0 aromatic heterocycles. The number of hydrogen-bond donors (Lipinski definition) is 1.